The summed E-state index contributed by atoms with van der Waals surface area (Å²) in [4.78, 5) is 14.4. The second kappa shape index (κ2) is 8.55. The van der Waals surface area contributed by atoms with Crippen molar-refractivity contribution in [2.45, 2.75) is 31.4 Å². The van der Waals surface area contributed by atoms with E-state index in [1.807, 2.05) is 11.0 Å². The standard InChI is InChI=1S/C18H25FN2O3/c19-15-4-1-3-14(11-15)17-12-20-7-8-21(17)18(22)6-10-23-13-16-5-2-9-24-16/h1,3-4,11,16-17,20H,2,5-10,12-13H2. The van der Waals surface area contributed by atoms with E-state index in [-0.39, 0.29) is 23.9 Å². The van der Waals surface area contributed by atoms with Gasteiger partial charge in [-0.25, -0.2) is 4.39 Å². The molecule has 3 rings (SSSR count). The predicted molar refractivity (Wildman–Crippen MR) is 88.1 cm³/mol. The molecule has 2 unspecified atom stereocenters. The van der Waals surface area contributed by atoms with Gasteiger partial charge in [-0.05, 0) is 30.5 Å². The summed E-state index contributed by atoms with van der Waals surface area (Å²) < 4.78 is 24.6. The van der Waals surface area contributed by atoms with Gasteiger partial charge in [0.1, 0.15) is 5.82 Å². The van der Waals surface area contributed by atoms with E-state index in [2.05, 4.69) is 5.32 Å². The predicted octanol–water partition coefficient (Wildman–Crippen LogP) is 1.88. The van der Waals surface area contributed by atoms with Crippen LogP contribution in [0.25, 0.3) is 0 Å². The molecule has 1 aromatic carbocycles. The lowest BCUT2D eigenvalue weighted by Crippen LogP contribution is -2.48. The van der Waals surface area contributed by atoms with Crippen LogP contribution in [0.15, 0.2) is 24.3 Å². The van der Waals surface area contributed by atoms with Crippen LogP contribution in [0.2, 0.25) is 0 Å². The van der Waals surface area contributed by atoms with Gasteiger partial charge in [-0.15, -0.1) is 0 Å². The van der Waals surface area contributed by atoms with Crippen molar-refractivity contribution in [3.63, 3.8) is 0 Å². The molecule has 0 spiro atoms. The summed E-state index contributed by atoms with van der Waals surface area (Å²) in [5.41, 5.74) is 0.829. The third-order valence-electron chi connectivity index (χ3n) is 4.59. The molecule has 2 aliphatic rings. The summed E-state index contributed by atoms with van der Waals surface area (Å²) >= 11 is 0. The number of carbonyl (C=O) groups is 1. The van der Waals surface area contributed by atoms with Crippen molar-refractivity contribution in [1.82, 2.24) is 10.2 Å². The van der Waals surface area contributed by atoms with Crippen molar-refractivity contribution in [2.75, 3.05) is 39.5 Å². The molecule has 1 N–H and O–H groups in total. The fourth-order valence-corrected chi connectivity index (χ4v) is 3.31. The van der Waals surface area contributed by atoms with Crippen LogP contribution in [0, 0.1) is 5.82 Å². The van der Waals surface area contributed by atoms with E-state index in [1.165, 1.54) is 12.1 Å². The van der Waals surface area contributed by atoms with Crippen LogP contribution in [0.4, 0.5) is 4.39 Å². The van der Waals surface area contributed by atoms with Crippen LogP contribution in [-0.2, 0) is 14.3 Å². The van der Waals surface area contributed by atoms with E-state index in [0.717, 1.165) is 31.6 Å². The Kier molecular flexibility index (Phi) is 6.18. The Labute approximate surface area is 142 Å². The molecule has 5 nitrogen and oxygen atoms in total. The zero-order chi connectivity index (χ0) is 16.8. The first-order valence-electron chi connectivity index (χ1n) is 8.69. The summed E-state index contributed by atoms with van der Waals surface area (Å²) in [6, 6.07) is 6.36. The van der Waals surface area contributed by atoms with Gasteiger partial charge in [0.25, 0.3) is 0 Å². The number of hydrogen-bond acceptors (Lipinski definition) is 4. The van der Waals surface area contributed by atoms with E-state index < -0.39 is 0 Å². The monoisotopic (exact) mass is 336 g/mol. The summed E-state index contributed by atoms with van der Waals surface area (Å²) in [5, 5.41) is 3.28. The molecular formula is C18H25FN2O3. The Morgan fingerprint density at radius 1 is 1.46 bits per heavy atom. The average molecular weight is 336 g/mol. The Morgan fingerprint density at radius 2 is 2.38 bits per heavy atom. The van der Waals surface area contributed by atoms with Crippen molar-refractivity contribution < 1.29 is 18.7 Å². The van der Waals surface area contributed by atoms with Crippen molar-refractivity contribution in [1.29, 1.82) is 0 Å². The first kappa shape index (κ1) is 17.3. The van der Waals surface area contributed by atoms with Crippen LogP contribution >= 0.6 is 0 Å². The molecule has 0 bridgehead atoms. The highest BCUT2D eigenvalue weighted by atomic mass is 19.1. The van der Waals surface area contributed by atoms with Gasteiger partial charge in [-0.1, -0.05) is 12.1 Å². The average Bonchev–Trinajstić information content (AvgIpc) is 3.12. The fourth-order valence-electron chi connectivity index (χ4n) is 3.31. The summed E-state index contributed by atoms with van der Waals surface area (Å²) in [5.74, 6) is -0.219. The van der Waals surface area contributed by atoms with Gasteiger partial charge in [-0.3, -0.25) is 4.79 Å². The normalized spacial score (nSPS) is 24.3. The van der Waals surface area contributed by atoms with E-state index in [1.54, 1.807) is 6.07 Å². The third kappa shape index (κ3) is 4.53. The van der Waals surface area contributed by atoms with Gasteiger partial charge >= 0.3 is 0 Å². The van der Waals surface area contributed by atoms with Gasteiger partial charge in [0.05, 0.1) is 31.8 Å². The molecule has 0 aromatic heterocycles. The van der Waals surface area contributed by atoms with Crippen molar-refractivity contribution in [3.8, 4) is 0 Å². The number of ether oxygens (including phenoxy) is 2. The van der Waals surface area contributed by atoms with Gasteiger partial charge in [0.15, 0.2) is 0 Å². The smallest absolute Gasteiger partial charge is 0.225 e. The number of amides is 1. The van der Waals surface area contributed by atoms with Crippen molar-refractivity contribution in [2.24, 2.45) is 0 Å². The maximum Gasteiger partial charge on any atom is 0.225 e. The van der Waals surface area contributed by atoms with E-state index in [9.17, 15) is 9.18 Å². The van der Waals surface area contributed by atoms with E-state index >= 15 is 0 Å². The zero-order valence-corrected chi connectivity index (χ0v) is 13.9. The Balaban J connectivity index is 1.51. The molecule has 24 heavy (non-hydrogen) atoms. The number of carbonyl (C=O) groups excluding carboxylic acids is 1. The highest BCUT2D eigenvalue weighted by molar-refractivity contribution is 5.77. The molecule has 132 valence electrons. The molecular weight excluding hydrogens is 311 g/mol. The lowest BCUT2D eigenvalue weighted by Gasteiger charge is -2.36. The number of nitrogens with zero attached hydrogens (tertiary/aromatic N) is 1. The topological polar surface area (TPSA) is 50.8 Å². The number of halogens is 1. The Morgan fingerprint density at radius 3 is 3.17 bits per heavy atom. The lowest BCUT2D eigenvalue weighted by molar-refractivity contribution is -0.136. The van der Waals surface area contributed by atoms with Gasteiger partial charge in [0.2, 0.25) is 5.91 Å². The maximum atomic E-state index is 13.5. The van der Waals surface area contributed by atoms with Crippen LogP contribution in [0.3, 0.4) is 0 Å². The number of hydrogen-bond donors (Lipinski definition) is 1. The number of piperazine rings is 1. The molecule has 2 heterocycles. The van der Waals surface area contributed by atoms with Crippen LogP contribution in [0.5, 0.6) is 0 Å². The summed E-state index contributed by atoms with van der Waals surface area (Å²) in [6.45, 7) is 3.80. The van der Waals surface area contributed by atoms with E-state index in [4.69, 9.17) is 9.47 Å². The quantitative estimate of drug-likeness (QED) is 0.806. The molecule has 6 heteroatoms. The first-order valence-corrected chi connectivity index (χ1v) is 8.69. The van der Waals surface area contributed by atoms with Gasteiger partial charge < -0.3 is 19.7 Å². The minimum Gasteiger partial charge on any atom is -0.378 e. The second-order valence-corrected chi connectivity index (χ2v) is 6.32. The van der Waals surface area contributed by atoms with Gasteiger partial charge in [-0.2, -0.15) is 0 Å². The molecule has 0 radical (unpaired) electrons. The minimum atomic E-state index is -0.273. The largest absolute Gasteiger partial charge is 0.378 e. The molecule has 1 amide bonds. The lowest BCUT2D eigenvalue weighted by atomic mass is 10.0. The van der Waals surface area contributed by atoms with Crippen LogP contribution < -0.4 is 5.32 Å². The number of nitrogens with one attached hydrogen (secondary N) is 1. The molecule has 2 fully saturated rings. The molecule has 2 saturated heterocycles. The number of rotatable bonds is 6. The summed E-state index contributed by atoms with van der Waals surface area (Å²) in [7, 11) is 0. The Bertz CT molecular complexity index is 549. The first-order chi connectivity index (χ1) is 11.7. The zero-order valence-electron chi connectivity index (χ0n) is 13.9. The third-order valence-corrected chi connectivity index (χ3v) is 4.59. The van der Waals surface area contributed by atoms with Crippen LogP contribution in [-0.4, -0.2) is 56.4 Å². The SMILES string of the molecule is O=C(CCOCC1CCCO1)N1CCNCC1c1cccc(F)c1. The molecule has 0 aliphatic carbocycles. The fraction of sp³-hybridized carbons (Fsp3) is 0.611. The second-order valence-electron chi connectivity index (χ2n) is 6.32. The van der Waals surface area contributed by atoms with E-state index in [0.29, 0.717) is 32.7 Å². The van der Waals surface area contributed by atoms with Crippen LogP contribution in [0.1, 0.15) is 30.9 Å². The summed E-state index contributed by atoms with van der Waals surface area (Å²) in [6.07, 6.45) is 2.65. The van der Waals surface area contributed by atoms with Crippen molar-refractivity contribution in [3.05, 3.63) is 35.6 Å². The molecule has 0 saturated carbocycles. The highest BCUT2D eigenvalue weighted by Crippen LogP contribution is 2.23. The minimum absolute atomic E-state index is 0.0538. The highest BCUT2D eigenvalue weighted by Gasteiger charge is 2.27. The molecule has 2 aliphatic heterocycles. The maximum absolute atomic E-state index is 13.5. The Hall–Kier alpha value is -1.50. The van der Waals surface area contributed by atoms with Crippen molar-refractivity contribution >= 4 is 5.91 Å². The van der Waals surface area contributed by atoms with Gasteiger partial charge in [0, 0.05) is 26.2 Å². The number of benzene rings is 1. The molecule has 2 atom stereocenters. The molecule has 1 aromatic rings.